The van der Waals surface area contributed by atoms with Gasteiger partial charge in [0, 0.05) is 103 Å². The number of rotatable bonds is 65. The average molecular weight is 2040 g/mol. The van der Waals surface area contributed by atoms with Gasteiger partial charge >= 0.3 is 6.09 Å². The predicted molar refractivity (Wildman–Crippen MR) is 507 cm³/mol. The molecule has 52 heteroatoms. The zero-order chi connectivity index (χ0) is 101. The van der Waals surface area contributed by atoms with Crippen molar-refractivity contribution >= 4 is 145 Å². The van der Waals surface area contributed by atoms with Gasteiger partial charge in [-0.2, -0.15) is 35.3 Å². The Morgan fingerprint density at radius 3 is 1.70 bits per heavy atom. The molecule has 780 valence electrons. The Morgan fingerprint density at radius 1 is 0.630 bits per heavy atom. The Bertz CT molecular complexity index is 4200. The second-order valence-corrected chi connectivity index (χ2v) is 35.9. The number of aliphatic hydroxyl groups is 3. The second kappa shape index (κ2) is 70.4. The van der Waals surface area contributed by atoms with E-state index >= 15 is 9.00 Å². The first kappa shape index (κ1) is 119. The van der Waals surface area contributed by atoms with Crippen molar-refractivity contribution in [3.8, 4) is 5.75 Å². The van der Waals surface area contributed by atoms with Crippen LogP contribution >= 0.6 is 35.3 Å². The van der Waals surface area contributed by atoms with Crippen molar-refractivity contribution in [1.82, 2.24) is 68.4 Å². The second-order valence-electron chi connectivity index (χ2n) is 31.6. The highest BCUT2D eigenvalue weighted by molar-refractivity contribution is 8.00. The van der Waals surface area contributed by atoms with Gasteiger partial charge in [-0.3, -0.25) is 66.5 Å². The Hall–Kier alpha value is -9.21. The van der Waals surface area contributed by atoms with Gasteiger partial charge in [-0.05, 0) is 42.5 Å². The molecule has 1 aromatic heterocycles. The molecule has 0 saturated carbocycles. The van der Waals surface area contributed by atoms with Crippen LogP contribution in [-0.4, -0.2) is 421 Å². The van der Waals surface area contributed by atoms with Crippen molar-refractivity contribution in [2.45, 2.75) is 106 Å². The van der Waals surface area contributed by atoms with Crippen LogP contribution in [0.5, 0.6) is 5.75 Å². The molecule has 138 heavy (non-hydrogen) atoms. The number of carbonyl (C=O) groups excluding carboxylic acids is 14. The Morgan fingerprint density at radius 2 is 1.16 bits per heavy atom. The Kier molecular flexibility index (Phi) is 60.9. The lowest BCUT2D eigenvalue weighted by molar-refractivity contribution is -0.144. The maximum atomic E-state index is 15.4. The van der Waals surface area contributed by atoms with Gasteiger partial charge in [-0.25, -0.2) is 4.79 Å². The molecule has 4 heterocycles. The lowest BCUT2D eigenvalue weighted by Crippen LogP contribution is -2.60. The number of hydrogen-bond donors (Lipinski definition) is 17. The number of fused-ring (bicyclic) bond motifs is 5. The van der Waals surface area contributed by atoms with Gasteiger partial charge in [0.15, 0.2) is 18.2 Å². The van der Waals surface area contributed by atoms with Crippen LogP contribution in [0.25, 0.3) is 10.9 Å². The molecule has 1 aromatic carbocycles. The number of ketones is 2. The Balaban J connectivity index is 0.902. The van der Waals surface area contributed by atoms with Crippen molar-refractivity contribution in [2.24, 2.45) is 40.3 Å². The van der Waals surface area contributed by atoms with Crippen LogP contribution in [0.2, 0.25) is 0 Å². The van der Waals surface area contributed by atoms with Crippen LogP contribution in [0.15, 0.2) is 34.2 Å². The molecule has 0 spiro atoms. The summed E-state index contributed by atoms with van der Waals surface area (Å²) in [6.45, 7) is 8.60. The minimum absolute atomic E-state index is 0.0261. The fourth-order valence-electron chi connectivity index (χ4n) is 13.6. The number of nitrogens with two attached hydrogens (primary N) is 2. The molecular formula is C86H140N16O32S4. The lowest BCUT2D eigenvalue weighted by atomic mass is 9.85. The van der Waals surface area contributed by atoms with E-state index in [4.69, 9.17) is 77.9 Å². The number of amides is 12. The van der Waals surface area contributed by atoms with E-state index in [2.05, 4.69) is 68.6 Å². The number of ether oxygens (including phenoxy) is 13. The number of methoxy groups -OCH3 is 1. The number of oxime groups is 1. The fourth-order valence-corrected chi connectivity index (χ4v) is 17.0. The monoisotopic (exact) mass is 2040 g/mol. The summed E-state index contributed by atoms with van der Waals surface area (Å²) in [5, 5.41) is 64.0. The van der Waals surface area contributed by atoms with E-state index in [0.717, 1.165) is 10.6 Å². The molecule has 3 aliphatic rings. The summed E-state index contributed by atoms with van der Waals surface area (Å²) < 4.78 is 87.9. The number of aromatic amines is 1. The van der Waals surface area contributed by atoms with Crippen LogP contribution in [0, 0.1) is 23.7 Å². The SMILES string of the molecule is CC[C@H](C)[C@@H]1CC(=O)CNC(=O)[C@H]2CC(=O)[C@H]([C@@H](C)[C@@H](O)CO)NC(=O)[C@@H]3C[C@@H](O)CN3C(=O)[C@H](CC(N)=O)NC(=O)[C@@H](CS(=O)c3[nH]c4c(CSCCOCCOCCOCCOCCOCCOCCOCCOCCOCCOCCOCCN/C=C(\N)COC(=O)NCCNC(=O)CNC(=O)CNC(=O)CNC(=O)CON=C(CSC)CSC)c(OC)ccc4c3C2)NC(=O)CNC1=O. The van der Waals surface area contributed by atoms with Crippen molar-refractivity contribution in [3.63, 3.8) is 0 Å². The van der Waals surface area contributed by atoms with E-state index < -0.39 is 231 Å². The molecule has 1 fully saturated rings. The molecule has 0 radical (unpaired) electrons. The van der Waals surface area contributed by atoms with Crippen molar-refractivity contribution in [1.29, 1.82) is 0 Å². The summed E-state index contributed by atoms with van der Waals surface area (Å²) in [6, 6.07) is -3.71. The largest absolute Gasteiger partial charge is 0.496 e. The first-order chi connectivity index (χ1) is 66.5. The average Bonchev–Trinajstić information content (AvgIpc) is 1.61. The molecule has 11 atom stereocenters. The number of aliphatic hydroxyl groups excluding tert-OH is 3. The van der Waals surface area contributed by atoms with E-state index in [0.29, 0.717) is 185 Å². The smallest absolute Gasteiger partial charge is 0.407 e. The summed E-state index contributed by atoms with van der Waals surface area (Å²) in [5.41, 5.74) is 13.6. The van der Waals surface area contributed by atoms with Gasteiger partial charge in [0.25, 0.3) is 5.91 Å². The third-order valence-corrected chi connectivity index (χ3v) is 24.7. The number of aromatic nitrogens is 1. The summed E-state index contributed by atoms with van der Waals surface area (Å²) in [5.74, 6) is -13.3. The molecule has 1 saturated heterocycles. The number of H-pyrrole nitrogens is 1. The fraction of sp³-hybridized carbons (Fsp3) is 0.709. The number of hydrogen-bond acceptors (Lipinski definition) is 38. The van der Waals surface area contributed by atoms with Gasteiger partial charge in [-0.1, -0.05) is 32.3 Å². The van der Waals surface area contributed by atoms with E-state index in [-0.39, 0.29) is 68.1 Å². The number of nitrogens with one attached hydrogen (secondary N) is 12. The van der Waals surface area contributed by atoms with Gasteiger partial charge in [0.1, 0.15) is 35.5 Å². The molecule has 2 bridgehead atoms. The number of alkyl carbamates (subject to hydrolysis) is 1. The van der Waals surface area contributed by atoms with Crippen molar-refractivity contribution in [2.75, 3.05) is 267 Å². The van der Waals surface area contributed by atoms with E-state index in [1.165, 1.54) is 32.0 Å². The summed E-state index contributed by atoms with van der Waals surface area (Å²) in [6.07, 6.45) is -0.880. The molecule has 12 amide bonds. The first-order valence-electron chi connectivity index (χ1n) is 45.4. The summed E-state index contributed by atoms with van der Waals surface area (Å²) in [4.78, 5) is 197. The predicted octanol–water partition coefficient (Wildman–Crippen LogP) is -5.34. The molecule has 0 aliphatic carbocycles. The minimum Gasteiger partial charge on any atom is -0.496 e. The topological polar surface area (TPSA) is 662 Å². The van der Waals surface area contributed by atoms with E-state index in [1.54, 1.807) is 49.5 Å². The number of primary amides is 1. The zero-order valence-corrected chi connectivity index (χ0v) is 82.5. The van der Waals surface area contributed by atoms with Gasteiger partial charge in [-0.15, -0.1) is 0 Å². The Labute approximate surface area is 816 Å². The van der Waals surface area contributed by atoms with Crippen LogP contribution in [-0.2, 0) is 147 Å². The molecule has 19 N–H and O–H groups in total. The van der Waals surface area contributed by atoms with Gasteiger partial charge < -0.3 is 162 Å². The highest BCUT2D eigenvalue weighted by Crippen LogP contribution is 2.37. The summed E-state index contributed by atoms with van der Waals surface area (Å²) >= 11 is 4.59. The molecule has 48 nitrogen and oxygen atoms in total. The van der Waals surface area contributed by atoms with E-state index in [1.807, 2.05) is 12.5 Å². The van der Waals surface area contributed by atoms with Gasteiger partial charge in [0.05, 0.1) is 250 Å². The van der Waals surface area contributed by atoms with E-state index in [9.17, 15) is 77.6 Å². The third kappa shape index (κ3) is 47.8. The van der Waals surface area contributed by atoms with Crippen LogP contribution < -0.4 is 74.7 Å². The van der Waals surface area contributed by atoms with Crippen LogP contribution in [0.1, 0.15) is 64.0 Å². The first-order valence-corrected chi connectivity index (χ1v) is 50.7. The van der Waals surface area contributed by atoms with Crippen molar-refractivity contribution in [3.05, 3.63) is 35.2 Å². The number of carbonyl (C=O) groups is 14. The summed E-state index contributed by atoms with van der Waals surface area (Å²) in [7, 11) is -0.979. The number of nitrogens with zero attached hydrogens (tertiary/aromatic N) is 2. The highest BCUT2D eigenvalue weighted by Gasteiger charge is 2.46. The molecule has 5 rings (SSSR count). The normalized spacial score (nSPS) is 19.5. The van der Waals surface area contributed by atoms with Crippen LogP contribution in [0.3, 0.4) is 0 Å². The van der Waals surface area contributed by atoms with Gasteiger partial charge in [0.2, 0.25) is 59.1 Å². The lowest BCUT2D eigenvalue weighted by Gasteiger charge is -2.32. The van der Waals surface area contributed by atoms with Crippen LogP contribution in [0.4, 0.5) is 4.79 Å². The highest BCUT2D eigenvalue weighted by atomic mass is 32.2. The number of benzene rings is 1. The molecule has 1 unspecified atom stereocenters. The quantitative estimate of drug-likeness (QED) is 0.0167. The maximum absolute atomic E-state index is 15.4. The van der Waals surface area contributed by atoms with Crippen molar-refractivity contribution < 1.29 is 153 Å². The minimum atomic E-state index is -2.42. The zero-order valence-electron chi connectivity index (χ0n) is 79.2. The number of thioether (sulfide) groups is 3. The number of Topliss-reactive ketones (excluding diaryl/α,β-unsaturated/α-hetero) is 2. The molecular weight excluding hydrogens is 1900 g/mol. The maximum Gasteiger partial charge on any atom is 0.407 e. The third-order valence-electron chi connectivity index (χ3n) is 21.1. The molecule has 3 aliphatic heterocycles. The standard InChI is InChI=1S/C86H140N16O32S4/c1-7-55(2)63-38-60(104)42-95-80(114)57-36-64-62-8-9-71(121-4)65(79(62)100-84(64)138(120)54-67(97-76(112)46-96-81(63)115)82(116)98-66(40-72(88)108)85(118)102-47-61(105)39-68(102)83(117)99-78(69(106)37-57)56(3)70(107)48-103)53-137-35-34-132-33-32-131-31-30-130-29-28-129-27-26-128-25-24-127-23-22-126-21-20-125-19-18-124-17-16-123-15-14-122-13-12-89-41-58(87)49-133-86(119)91-11-10-90-73(109)43-92-74(110)44-93-75(111)45-94-77(113)50-134-101-59(51-135-5)52-136-6/h8-9,41,55-57,61,63,66-68,70,78,89,100,103,105,107H,7,10-40,42-54,87H2,1-6H3,(H2,88,108)(H,90,109)(H,91,119)(H,92,110)(H,93,111)(H,94,113)(H,95,114)(H,96,115)(H,97,112)(H,98,116)(H,99,117)/b58-41-/t55-,56-,57+,61+,63-,66-,67+,68-,70-,78-,138?/m0/s1. The molecule has 2 aromatic rings.